The van der Waals surface area contributed by atoms with E-state index in [0.717, 1.165) is 0 Å². The number of aliphatic carboxylic acids is 1. The zero-order valence-corrected chi connectivity index (χ0v) is 7.63. The lowest BCUT2D eigenvalue weighted by atomic mass is 10.1. The van der Waals surface area contributed by atoms with Crippen LogP contribution in [0, 0.1) is 0 Å². The first-order valence-electron chi connectivity index (χ1n) is 4.08. The van der Waals surface area contributed by atoms with Crippen molar-refractivity contribution in [3.05, 3.63) is 12.2 Å². The summed E-state index contributed by atoms with van der Waals surface area (Å²) in [5.74, 6) is -1.17. The lowest BCUT2D eigenvalue weighted by Gasteiger charge is -2.12. The summed E-state index contributed by atoms with van der Waals surface area (Å²) in [4.78, 5) is 10.2. The number of carbonyl (C=O) groups is 1. The summed E-state index contributed by atoms with van der Waals surface area (Å²) in [6, 6.07) is 0. The second-order valence-corrected chi connectivity index (χ2v) is 2.70. The Morgan fingerprint density at radius 1 is 1.67 bits per heavy atom. The van der Waals surface area contributed by atoms with Crippen LogP contribution in [0.15, 0.2) is 12.2 Å². The van der Waals surface area contributed by atoms with Gasteiger partial charge in [-0.1, -0.05) is 6.58 Å². The van der Waals surface area contributed by atoms with Gasteiger partial charge in [0.25, 0.3) is 0 Å². The molecule has 0 bridgehead atoms. The molecule has 3 heteroatoms. The van der Waals surface area contributed by atoms with E-state index in [1.54, 1.807) is 0 Å². The van der Waals surface area contributed by atoms with E-state index in [4.69, 9.17) is 4.74 Å². The normalized spacial score (nSPS) is 12.5. The number of carboxylic acid groups (broad SMARTS) is 1. The van der Waals surface area contributed by atoms with Crippen molar-refractivity contribution in [3.63, 3.8) is 0 Å². The average molecular weight is 171 g/mol. The minimum atomic E-state index is -1.17. The molecule has 0 rings (SSSR count). The number of ether oxygens (including phenoxy) is 1. The molecule has 0 spiro atoms. The standard InChI is InChI=1S/C9H16O3/c1-4-12-8(3)6-5-7(2)9(10)11/h8H,2,4-6H2,1,3H3,(H,10,11)/p-1. The molecule has 1 unspecified atom stereocenters. The molecule has 3 nitrogen and oxygen atoms in total. The number of rotatable bonds is 6. The van der Waals surface area contributed by atoms with Crippen molar-refractivity contribution in [2.75, 3.05) is 6.61 Å². The first kappa shape index (κ1) is 11.2. The van der Waals surface area contributed by atoms with E-state index in [1.807, 2.05) is 13.8 Å². The highest BCUT2D eigenvalue weighted by Crippen LogP contribution is 2.06. The molecule has 1 atom stereocenters. The number of carbonyl (C=O) groups excluding carboxylic acids is 1. The monoisotopic (exact) mass is 171 g/mol. The summed E-state index contributed by atoms with van der Waals surface area (Å²) in [6.07, 6.45) is 1.20. The summed E-state index contributed by atoms with van der Waals surface area (Å²) in [5.41, 5.74) is 0.140. The number of carboxylic acids is 1. The van der Waals surface area contributed by atoms with Crippen molar-refractivity contribution < 1.29 is 14.6 Å². The Bertz CT molecular complexity index is 163. The Morgan fingerprint density at radius 2 is 2.25 bits per heavy atom. The fourth-order valence-corrected chi connectivity index (χ4v) is 0.847. The van der Waals surface area contributed by atoms with Crippen molar-refractivity contribution in [1.82, 2.24) is 0 Å². The van der Waals surface area contributed by atoms with Gasteiger partial charge in [0.2, 0.25) is 0 Å². The van der Waals surface area contributed by atoms with E-state index >= 15 is 0 Å². The second-order valence-electron chi connectivity index (χ2n) is 2.70. The van der Waals surface area contributed by atoms with Gasteiger partial charge in [0.15, 0.2) is 0 Å². The first-order valence-corrected chi connectivity index (χ1v) is 4.08. The van der Waals surface area contributed by atoms with E-state index in [0.29, 0.717) is 19.4 Å². The van der Waals surface area contributed by atoms with Gasteiger partial charge in [-0.15, -0.1) is 0 Å². The molecule has 0 aromatic carbocycles. The Kier molecular flexibility index (Phi) is 5.37. The topological polar surface area (TPSA) is 49.4 Å². The molecule has 0 radical (unpaired) electrons. The second kappa shape index (κ2) is 5.77. The van der Waals surface area contributed by atoms with Crippen molar-refractivity contribution in [1.29, 1.82) is 0 Å². The van der Waals surface area contributed by atoms with Gasteiger partial charge in [-0.3, -0.25) is 0 Å². The van der Waals surface area contributed by atoms with E-state index in [2.05, 4.69) is 6.58 Å². The third-order valence-corrected chi connectivity index (χ3v) is 1.59. The van der Waals surface area contributed by atoms with Crippen molar-refractivity contribution in [3.8, 4) is 0 Å². The third kappa shape index (κ3) is 4.91. The average Bonchev–Trinajstić information content (AvgIpc) is 2.00. The van der Waals surface area contributed by atoms with Gasteiger partial charge in [-0.25, -0.2) is 0 Å². The van der Waals surface area contributed by atoms with Crippen molar-refractivity contribution in [2.24, 2.45) is 0 Å². The molecule has 0 aliphatic carbocycles. The minimum absolute atomic E-state index is 0.0890. The summed E-state index contributed by atoms with van der Waals surface area (Å²) < 4.78 is 5.22. The maximum Gasteiger partial charge on any atom is 0.0668 e. The SMILES string of the molecule is C=C(CCC(C)OCC)C(=O)[O-]. The summed E-state index contributed by atoms with van der Waals surface area (Å²) in [6.45, 7) is 7.84. The van der Waals surface area contributed by atoms with Crippen LogP contribution in [0.2, 0.25) is 0 Å². The first-order chi connectivity index (χ1) is 5.57. The third-order valence-electron chi connectivity index (χ3n) is 1.59. The molecule has 0 aliphatic rings. The molecule has 0 fully saturated rings. The predicted molar refractivity (Wildman–Crippen MR) is 44.5 cm³/mol. The highest BCUT2D eigenvalue weighted by Gasteiger charge is 2.02. The Balaban J connectivity index is 3.54. The van der Waals surface area contributed by atoms with Gasteiger partial charge in [0.05, 0.1) is 12.1 Å². The van der Waals surface area contributed by atoms with E-state index < -0.39 is 5.97 Å². The molecular formula is C9H15O3-. The summed E-state index contributed by atoms with van der Waals surface area (Å²) >= 11 is 0. The van der Waals surface area contributed by atoms with Gasteiger partial charge >= 0.3 is 0 Å². The summed E-state index contributed by atoms with van der Waals surface area (Å²) in [5, 5.41) is 10.2. The van der Waals surface area contributed by atoms with Gasteiger partial charge in [-0.2, -0.15) is 0 Å². The van der Waals surface area contributed by atoms with Gasteiger partial charge in [-0.05, 0) is 32.3 Å². The van der Waals surface area contributed by atoms with Crippen LogP contribution in [0.25, 0.3) is 0 Å². The highest BCUT2D eigenvalue weighted by molar-refractivity contribution is 5.83. The molecule has 0 aromatic rings. The molecule has 0 aliphatic heterocycles. The summed E-state index contributed by atoms with van der Waals surface area (Å²) in [7, 11) is 0. The predicted octanol–water partition coefficient (Wildman–Crippen LogP) is 0.498. The Labute approximate surface area is 73.0 Å². The lowest BCUT2D eigenvalue weighted by Crippen LogP contribution is -2.24. The number of hydrogen-bond acceptors (Lipinski definition) is 3. The van der Waals surface area contributed by atoms with Crippen LogP contribution in [0.1, 0.15) is 26.7 Å². The number of hydrogen-bond donors (Lipinski definition) is 0. The fraction of sp³-hybridized carbons (Fsp3) is 0.667. The van der Waals surface area contributed by atoms with E-state index in [1.165, 1.54) is 0 Å². The maximum atomic E-state index is 10.2. The smallest absolute Gasteiger partial charge is 0.0668 e. The van der Waals surface area contributed by atoms with Gasteiger partial charge < -0.3 is 14.6 Å². The van der Waals surface area contributed by atoms with Crippen LogP contribution in [0.4, 0.5) is 0 Å². The molecule has 0 N–H and O–H groups in total. The molecule has 0 amide bonds. The van der Waals surface area contributed by atoms with Crippen molar-refractivity contribution >= 4 is 5.97 Å². The van der Waals surface area contributed by atoms with E-state index in [-0.39, 0.29) is 11.7 Å². The van der Waals surface area contributed by atoms with Crippen LogP contribution in [0.5, 0.6) is 0 Å². The lowest BCUT2D eigenvalue weighted by molar-refractivity contribution is -0.299. The van der Waals surface area contributed by atoms with Crippen LogP contribution in [-0.2, 0) is 9.53 Å². The fourth-order valence-electron chi connectivity index (χ4n) is 0.847. The highest BCUT2D eigenvalue weighted by atomic mass is 16.5. The molecular weight excluding hydrogens is 156 g/mol. The van der Waals surface area contributed by atoms with Crippen LogP contribution >= 0.6 is 0 Å². The maximum absolute atomic E-state index is 10.2. The van der Waals surface area contributed by atoms with Crippen LogP contribution in [-0.4, -0.2) is 18.7 Å². The van der Waals surface area contributed by atoms with Gasteiger partial charge in [0, 0.05) is 6.61 Å². The molecule has 0 heterocycles. The zero-order valence-electron chi connectivity index (χ0n) is 7.63. The van der Waals surface area contributed by atoms with Gasteiger partial charge in [0.1, 0.15) is 0 Å². The van der Waals surface area contributed by atoms with E-state index in [9.17, 15) is 9.90 Å². The molecule has 0 saturated heterocycles. The molecule has 70 valence electrons. The zero-order chi connectivity index (χ0) is 9.56. The van der Waals surface area contributed by atoms with Crippen LogP contribution in [0.3, 0.4) is 0 Å². The molecule has 0 saturated carbocycles. The van der Waals surface area contributed by atoms with Crippen LogP contribution < -0.4 is 5.11 Å². The largest absolute Gasteiger partial charge is 0.545 e. The molecule has 0 aromatic heterocycles. The quantitative estimate of drug-likeness (QED) is 0.547. The minimum Gasteiger partial charge on any atom is -0.545 e. The Morgan fingerprint density at radius 3 is 2.67 bits per heavy atom. The molecule has 12 heavy (non-hydrogen) atoms. The Hall–Kier alpha value is -0.830. The van der Waals surface area contributed by atoms with Crippen molar-refractivity contribution in [2.45, 2.75) is 32.8 Å².